The summed E-state index contributed by atoms with van der Waals surface area (Å²) in [6, 6.07) is 6.02. The van der Waals surface area contributed by atoms with Crippen molar-refractivity contribution in [1.82, 2.24) is 34.8 Å². The molecule has 25 heteroatoms. The first-order valence-corrected chi connectivity index (χ1v) is 23.5. The van der Waals surface area contributed by atoms with Gasteiger partial charge in [0.25, 0.3) is 12.9 Å². The first-order valence-electron chi connectivity index (χ1n) is 23.1. The van der Waals surface area contributed by atoms with Crippen LogP contribution in [0.5, 0.6) is 0 Å². The van der Waals surface area contributed by atoms with Crippen molar-refractivity contribution in [2.24, 2.45) is 4.99 Å². The zero-order valence-electron chi connectivity index (χ0n) is 40.4. The van der Waals surface area contributed by atoms with Crippen LogP contribution in [0.3, 0.4) is 0 Å². The summed E-state index contributed by atoms with van der Waals surface area (Å²) >= 11 is 6.12. The molecule has 0 amide bonds. The Morgan fingerprint density at radius 2 is 1.11 bits per heavy atom. The predicted octanol–water partition coefficient (Wildman–Crippen LogP) is 5.07. The number of aromatic nitrogens is 6. The number of nitrogen functional groups attached to an aromatic ring is 1. The number of alkyl halides is 4. The first-order chi connectivity index (χ1) is 33.5. The fourth-order valence-corrected chi connectivity index (χ4v) is 7.80. The number of halogens is 5. The van der Waals surface area contributed by atoms with Gasteiger partial charge in [-0.1, -0.05) is 11.6 Å². The summed E-state index contributed by atoms with van der Waals surface area (Å²) in [7, 11) is 2.70. The van der Waals surface area contributed by atoms with Crippen molar-refractivity contribution in [3.05, 3.63) is 52.9 Å². The number of hydrogen-bond acceptors (Lipinski definition) is 18. The lowest BCUT2D eigenvalue weighted by atomic mass is 9.77. The molecular weight excluding hydrogens is 941 g/mol. The number of nitrogens with two attached hydrogens (primary N) is 1. The van der Waals surface area contributed by atoms with Crippen LogP contribution in [0.1, 0.15) is 51.7 Å². The second-order valence-electron chi connectivity index (χ2n) is 17.9. The van der Waals surface area contributed by atoms with Gasteiger partial charge < -0.3 is 58.5 Å². The normalized spacial score (nSPS) is 19.3. The van der Waals surface area contributed by atoms with Gasteiger partial charge >= 0.3 is 7.12 Å². The molecule has 2 N–H and O–H groups in total. The molecule has 0 aliphatic carbocycles. The zero-order valence-corrected chi connectivity index (χ0v) is 41.1. The van der Waals surface area contributed by atoms with E-state index in [0.29, 0.717) is 94.4 Å². The highest BCUT2D eigenvalue weighted by molar-refractivity contribution is 6.62. The van der Waals surface area contributed by atoms with Crippen molar-refractivity contribution in [1.29, 1.82) is 0 Å². The molecule has 5 aliphatic rings. The average Bonchev–Trinajstić information content (AvgIpc) is 3.59. The van der Waals surface area contributed by atoms with Crippen molar-refractivity contribution in [2.45, 2.75) is 51.7 Å². The molecule has 380 valence electrons. The number of aliphatic imine (C=N–C) groups is 1. The van der Waals surface area contributed by atoms with Crippen LogP contribution in [-0.2, 0) is 28.3 Å². The summed E-state index contributed by atoms with van der Waals surface area (Å²) in [5, 5.41) is 0.484. The number of ether oxygens (including phenoxy) is 4. The SMILES string of the molecule is CN(C)C=Nc1cc(C(F)F)c(B2OC(C)(C)C(C)(C)O2)cn1.Clc1cc(N2CCOCC2)nc(N2CCOCC2)n1.Nc1cc(C(F)F)c(-c2cc(N3CCOCC3)nc(N3CCOCC3)n2)cn1. The van der Waals surface area contributed by atoms with Crippen molar-refractivity contribution >= 4 is 65.7 Å². The molecule has 19 nitrogen and oxygen atoms in total. The minimum atomic E-state index is -2.69. The third-order valence-corrected chi connectivity index (χ3v) is 12.4. The summed E-state index contributed by atoms with van der Waals surface area (Å²) in [4.78, 5) is 40.5. The summed E-state index contributed by atoms with van der Waals surface area (Å²) in [5.41, 5.74) is 4.96. The molecule has 70 heavy (non-hydrogen) atoms. The standard InChI is InChI=1S/C18H22F2N6O2.C15H22BF2N3O2.C12H17ClN4O2/c19-17(20)12-9-15(21)22-11-13(12)14-10-16(25-1-5-27-6-2-25)24-18(23-14)26-3-7-28-8-4-26;1-14(2)15(3,4)23-16(22-14)11-8-19-12(20-9-21(5)6)7-10(11)13(17)18;13-10-9-11(16-1-5-18-6-2-16)15-12(14-10)17-3-7-19-8-4-17/h9-11,17H,1-8H2,(H2,21,22);7-9,13H,1-6H3;9H,1-8H2. The minimum Gasteiger partial charge on any atom is -0.399 e. The van der Waals surface area contributed by atoms with Crippen molar-refractivity contribution in [3.8, 4) is 11.3 Å². The Kier molecular flexibility index (Phi) is 17.9. The van der Waals surface area contributed by atoms with Gasteiger partial charge in [-0.2, -0.15) is 9.97 Å². The molecule has 5 saturated heterocycles. The Balaban J connectivity index is 0.000000158. The number of anilines is 5. The van der Waals surface area contributed by atoms with Crippen LogP contribution in [0.2, 0.25) is 5.15 Å². The van der Waals surface area contributed by atoms with Gasteiger partial charge in [0, 0.05) is 113 Å². The topological polar surface area (TPSA) is 187 Å². The zero-order chi connectivity index (χ0) is 50.0. The van der Waals surface area contributed by atoms with E-state index in [4.69, 9.17) is 50.6 Å². The van der Waals surface area contributed by atoms with Gasteiger partial charge in [-0.05, 0) is 39.8 Å². The highest BCUT2D eigenvalue weighted by Gasteiger charge is 2.52. The molecule has 4 aromatic rings. The molecule has 4 aromatic heterocycles. The third kappa shape index (κ3) is 13.6. The highest BCUT2D eigenvalue weighted by Crippen LogP contribution is 2.38. The average molecular weight is 1000 g/mol. The van der Waals surface area contributed by atoms with E-state index in [1.807, 2.05) is 38.7 Å². The van der Waals surface area contributed by atoms with Gasteiger partial charge in [0.15, 0.2) is 5.82 Å². The van der Waals surface area contributed by atoms with Crippen molar-refractivity contribution in [2.75, 3.05) is 145 Å². The van der Waals surface area contributed by atoms with E-state index < -0.39 is 31.2 Å². The smallest absolute Gasteiger partial charge is 0.399 e. The molecule has 9 heterocycles. The lowest BCUT2D eigenvalue weighted by molar-refractivity contribution is 0.00578. The second kappa shape index (κ2) is 23.8. The Labute approximate surface area is 410 Å². The van der Waals surface area contributed by atoms with Crippen LogP contribution in [0.4, 0.5) is 52.7 Å². The lowest BCUT2D eigenvalue weighted by Gasteiger charge is -2.32. The lowest BCUT2D eigenvalue weighted by Crippen LogP contribution is -2.41. The summed E-state index contributed by atoms with van der Waals surface area (Å²) < 4.78 is 87.3. The molecule has 0 atom stereocenters. The molecule has 9 rings (SSSR count). The van der Waals surface area contributed by atoms with Crippen LogP contribution in [-0.4, -0.2) is 179 Å². The van der Waals surface area contributed by atoms with E-state index in [1.165, 1.54) is 30.9 Å². The maximum atomic E-state index is 13.6. The quantitative estimate of drug-likeness (QED) is 0.0729. The van der Waals surface area contributed by atoms with Crippen molar-refractivity contribution in [3.63, 3.8) is 0 Å². The summed E-state index contributed by atoms with van der Waals surface area (Å²) in [5.74, 6) is 3.03. The van der Waals surface area contributed by atoms with Crippen LogP contribution in [0, 0.1) is 0 Å². The first kappa shape index (κ1) is 52.6. The molecule has 5 aliphatic heterocycles. The maximum absolute atomic E-state index is 13.6. The van der Waals surface area contributed by atoms with E-state index >= 15 is 0 Å². The molecule has 0 bridgehead atoms. The fraction of sp³-hybridized carbons (Fsp3) is 0.578. The number of rotatable bonds is 10. The Morgan fingerprint density at radius 1 is 0.643 bits per heavy atom. The Bertz CT molecular complexity index is 2290. The number of nitrogens with zero attached hydrogens (tertiary/aromatic N) is 12. The number of pyridine rings is 2. The number of morpholine rings is 4. The van der Waals surface area contributed by atoms with Crippen molar-refractivity contribution < 1.29 is 45.8 Å². The largest absolute Gasteiger partial charge is 0.496 e. The maximum Gasteiger partial charge on any atom is 0.496 e. The summed E-state index contributed by atoms with van der Waals surface area (Å²) in [6.07, 6.45) is -1.14. The van der Waals surface area contributed by atoms with Gasteiger partial charge in [0.05, 0.1) is 76.1 Å². The van der Waals surface area contributed by atoms with Crippen LogP contribution < -0.4 is 30.8 Å². The molecule has 0 aromatic carbocycles. The molecule has 5 fully saturated rings. The van der Waals surface area contributed by atoms with Crippen LogP contribution in [0.25, 0.3) is 11.3 Å². The van der Waals surface area contributed by atoms with Crippen LogP contribution in [0.15, 0.2) is 41.7 Å². The van der Waals surface area contributed by atoms with Crippen LogP contribution >= 0.6 is 11.6 Å². The molecule has 0 unspecified atom stereocenters. The fourth-order valence-electron chi connectivity index (χ4n) is 7.63. The summed E-state index contributed by atoms with van der Waals surface area (Å²) in [6.45, 7) is 18.7. The van der Waals surface area contributed by atoms with E-state index in [2.05, 4.69) is 44.6 Å². The van der Waals surface area contributed by atoms with Gasteiger partial charge in [-0.3, -0.25) is 0 Å². The van der Waals surface area contributed by atoms with E-state index in [0.717, 1.165) is 45.2 Å². The molecular formula is C45H61BClF4N13O6. The minimum absolute atomic E-state index is 0.0508. The van der Waals surface area contributed by atoms with Gasteiger partial charge in [-0.15, -0.1) is 0 Å². The molecule has 0 spiro atoms. The van der Waals surface area contributed by atoms with E-state index in [-0.39, 0.29) is 33.8 Å². The monoisotopic (exact) mass is 1000 g/mol. The third-order valence-electron chi connectivity index (χ3n) is 12.2. The predicted molar refractivity (Wildman–Crippen MR) is 261 cm³/mol. The number of hydrogen-bond donors (Lipinski definition) is 1. The van der Waals surface area contributed by atoms with Gasteiger partial charge in [0.1, 0.15) is 22.6 Å². The van der Waals surface area contributed by atoms with E-state index in [1.54, 1.807) is 25.1 Å². The Hall–Kier alpha value is -5.24. The Morgan fingerprint density at radius 3 is 1.60 bits per heavy atom. The van der Waals surface area contributed by atoms with E-state index in [9.17, 15) is 17.6 Å². The highest BCUT2D eigenvalue weighted by atomic mass is 35.5. The molecule has 0 radical (unpaired) electrons. The van der Waals surface area contributed by atoms with Gasteiger partial charge in [0.2, 0.25) is 11.9 Å². The molecule has 0 saturated carbocycles. The second-order valence-corrected chi connectivity index (χ2v) is 18.3. The van der Waals surface area contributed by atoms with Gasteiger partial charge in [-0.25, -0.2) is 42.5 Å².